The Morgan fingerprint density at radius 3 is 2.68 bits per heavy atom. The maximum absolute atomic E-state index is 12.6. The van der Waals surface area contributed by atoms with Gasteiger partial charge in [0, 0.05) is 38.3 Å². The second-order valence-corrected chi connectivity index (χ2v) is 6.87. The molecular weight excluding hydrogens is 318 g/mol. The van der Waals surface area contributed by atoms with E-state index in [2.05, 4.69) is 10.3 Å². The SMILES string of the molecule is CN1C(=O)c2occc2N(C)c2cc(NC3CCC(N)CC3)ncc21. The minimum atomic E-state index is -0.172. The Kier molecular flexibility index (Phi) is 3.88. The minimum absolute atomic E-state index is 0.172. The van der Waals surface area contributed by atoms with Crippen LogP contribution in [0, 0.1) is 0 Å². The van der Waals surface area contributed by atoms with Gasteiger partial charge in [-0.1, -0.05) is 0 Å². The van der Waals surface area contributed by atoms with Crippen LogP contribution in [0.5, 0.6) is 0 Å². The lowest BCUT2D eigenvalue weighted by molar-refractivity contribution is 0.0968. The number of furan rings is 1. The van der Waals surface area contributed by atoms with Crippen LogP contribution in [-0.2, 0) is 0 Å². The number of nitrogens with two attached hydrogens (primary N) is 1. The van der Waals surface area contributed by atoms with Crippen LogP contribution in [0.1, 0.15) is 36.2 Å². The van der Waals surface area contributed by atoms with Crippen LogP contribution in [0.25, 0.3) is 0 Å². The molecule has 2 aromatic rings. The second kappa shape index (κ2) is 6.07. The molecule has 3 heterocycles. The van der Waals surface area contributed by atoms with Crippen molar-refractivity contribution >= 4 is 28.8 Å². The van der Waals surface area contributed by atoms with Crippen molar-refractivity contribution in [1.82, 2.24) is 4.98 Å². The number of anilines is 4. The van der Waals surface area contributed by atoms with E-state index in [0.717, 1.165) is 48.6 Å². The molecule has 1 saturated carbocycles. The number of nitrogens with zero attached hydrogens (tertiary/aromatic N) is 3. The largest absolute Gasteiger partial charge is 0.457 e. The van der Waals surface area contributed by atoms with Gasteiger partial charge in [0.05, 0.1) is 29.5 Å². The summed E-state index contributed by atoms with van der Waals surface area (Å²) in [7, 11) is 3.67. The van der Waals surface area contributed by atoms with Crippen LogP contribution in [0.3, 0.4) is 0 Å². The van der Waals surface area contributed by atoms with Crippen molar-refractivity contribution in [2.24, 2.45) is 5.73 Å². The second-order valence-electron chi connectivity index (χ2n) is 6.87. The van der Waals surface area contributed by atoms with Gasteiger partial charge in [-0.2, -0.15) is 0 Å². The summed E-state index contributed by atoms with van der Waals surface area (Å²) in [4.78, 5) is 20.7. The average Bonchev–Trinajstić information content (AvgIpc) is 3.09. The minimum Gasteiger partial charge on any atom is -0.457 e. The number of aromatic nitrogens is 1. The van der Waals surface area contributed by atoms with Crippen molar-refractivity contribution in [2.45, 2.75) is 37.8 Å². The Labute approximate surface area is 146 Å². The Bertz CT molecular complexity index is 795. The molecule has 25 heavy (non-hydrogen) atoms. The Balaban J connectivity index is 1.66. The fraction of sp³-hybridized carbons (Fsp3) is 0.444. The van der Waals surface area contributed by atoms with Crippen molar-refractivity contribution in [3.8, 4) is 0 Å². The van der Waals surface area contributed by atoms with Gasteiger partial charge in [0.25, 0.3) is 5.91 Å². The fourth-order valence-corrected chi connectivity index (χ4v) is 3.63. The Morgan fingerprint density at radius 2 is 1.92 bits per heavy atom. The zero-order valence-corrected chi connectivity index (χ0v) is 14.5. The number of rotatable bonds is 2. The number of hydrogen-bond acceptors (Lipinski definition) is 6. The van der Waals surface area contributed by atoms with Crippen molar-refractivity contribution in [1.29, 1.82) is 0 Å². The summed E-state index contributed by atoms with van der Waals surface area (Å²) < 4.78 is 5.40. The molecule has 7 nitrogen and oxygen atoms in total. The molecule has 3 N–H and O–H groups in total. The van der Waals surface area contributed by atoms with Crippen LogP contribution < -0.4 is 20.9 Å². The molecule has 132 valence electrons. The topological polar surface area (TPSA) is 87.6 Å². The van der Waals surface area contributed by atoms with E-state index >= 15 is 0 Å². The molecule has 1 aliphatic carbocycles. The van der Waals surface area contributed by atoms with Gasteiger partial charge in [-0.15, -0.1) is 0 Å². The zero-order valence-electron chi connectivity index (χ0n) is 14.5. The first-order chi connectivity index (χ1) is 12.0. The number of nitrogens with one attached hydrogen (secondary N) is 1. The molecule has 7 heteroatoms. The van der Waals surface area contributed by atoms with Crippen molar-refractivity contribution in [2.75, 3.05) is 29.2 Å². The summed E-state index contributed by atoms with van der Waals surface area (Å²) in [5.74, 6) is 0.991. The lowest BCUT2D eigenvalue weighted by atomic mass is 9.92. The smallest absolute Gasteiger partial charge is 0.296 e. The third-order valence-corrected chi connectivity index (χ3v) is 5.21. The molecule has 0 saturated heterocycles. The van der Waals surface area contributed by atoms with Gasteiger partial charge in [0.1, 0.15) is 5.82 Å². The summed E-state index contributed by atoms with van der Waals surface area (Å²) in [5, 5.41) is 3.52. The summed E-state index contributed by atoms with van der Waals surface area (Å²) in [6.07, 6.45) is 7.48. The van der Waals surface area contributed by atoms with Crippen molar-refractivity contribution < 1.29 is 9.21 Å². The van der Waals surface area contributed by atoms with Gasteiger partial charge < -0.3 is 25.3 Å². The van der Waals surface area contributed by atoms with Gasteiger partial charge in [0.15, 0.2) is 0 Å². The maximum atomic E-state index is 12.6. The van der Waals surface area contributed by atoms with Crippen LogP contribution in [0.15, 0.2) is 29.0 Å². The van der Waals surface area contributed by atoms with Gasteiger partial charge in [-0.05, 0) is 25.7 Å². The summed E-state index contributed by atoms with van der Waals surface area (Å²) in [6, 6.07) is 4.52. The lowest BCUT2D eigenvalue weighted by Gasteiger charge is -2.28. The highest BCUT2D eigenvalue weighted by molar-refractivity contribution is 6.11. The Hall–Kier alpha value is -2.54. The summed E-state index contributed by atoms with van der Waals surface area (Å²) in [5.41, 5.74) is 8.42. The Morgan fingerprint density at radius 1 is 1.16 bits per heavy atom. The summed E-state index contributed by atoms with van der Waals surface area (Å²) in [6.45, 7) is 0. The molecule has 1 amide bonds. The lowest BCUT2D eigenvalue weighted by Crippen LogP contribution is -2.33. The number of pyridine rings is 1. The van der Waals surface area contributed by atoms with Gasteiger partial charge in [-0.25, -0.2) is 4.98 Å². The number of carbonyl (C=O) groups excluding carboxylic acids is 1. The number of carbonyl (C=O) groups is 1. The van der Waals surface area contributed by atoms with E-state index < -0.39 is 0 Å². The molecule has 1 fully saturated rings. The van der Waals surface area contributed by atoms with Crippen molar-refractivity contribution in [3.05, 3.63) is 30.4 Å². The first-order valence-electron chi connectivity index (χ1n) is 8.66. The quantitative estimate of drug-likeness (QED) is 0.873. The number of fused-ring (bicyclic) bond motifs is 2. The van der Waals surface area contributed by atoms with Gasteiger partial charge >= 0.3 is 0 Å². The van der Waals surface area contributed by atoms with E-state index in [1.807, 2.05) is 24.1 Å². The standard InChI is InChI=1S/C18H23N5O2/c1-22-13-7-8-25-17(13)18(24)23(2)15-10-20-16(9-14(15)22)21-12-5-3-11(19)4-6-12/h7-12H,3-6,19H2,1-2H3,(H,20,21). The molecule has 2 aliphatic rings. The molecule has 0 atom stereocenters. The van der Waals surface area contributed by atoms with E-state index in [9.17, 15) is 4.79 Å². The number of amides is 1. The first-order valence-corrected chi connectivity index (χ1v) is 8.66. The fourth-order valence-electron chi connectivity index (χ4n) is 3.63. The van der Waals surface area contributed by atoms with Crippen LogP contribution in [0.4, 0.5) is 22.9 Å². The monoisotopic (exact) mass is 341 g/mol. The molecular formula is C18H23N5O2. The molecule has 0 aromatic carbocycles. The number of hydrogen-bond donors (Lipinski definition) is 2. The van der Waals surface area contributed by atoms with Gasteiger partial charge in [-0.3, -0.25) is 4.79 Å². The average molecular weight is 341 g/mol. The van der Waals surface area contributed by atoms with E-state index in [1.54, 1.807) is 24.4 Å². The predicted molar refractivity (Wildman–Crippen MR) is 97.6 cm³/mol. The molecule has 0 bridgehead atoms. The predicted octanol–water partition coefficient (Wildman–Crippen LogP) is 2.71. The highest BCUT2D eigenvalue weighted by Crippen LogP contribution is 2.40. The normalized spacial score (nSPS) is 23.1. The van der Waals surface area contributed by atoms with E-state index in [4.69, 9.17) is 10.2 Å². The van der Waals surface area contributed by atoms with E-state index in [0.29, 0.717) is 17.8 Å². The zero-order chi connectivity index (χ0) is 17.6. The molecule has 4 rings (SSSR count). The molecule has 2 aromatic heterocycles. The first kappa shape index (κ1) is 16.0. The van der Waals surface area contributed by atoms with E-state index in [-0.39, 0.29) is 5.91 Å². The van der Waals surface area contributed by atoms with E-state index in [1.165, 1.54) is 0 Å². The maximum Gasteiger partial charge on any atom is 0.296 e. The highest BCUT2D eigenvalue weighted by atomic mass is 16.3. The van der Waals surface area contributed by atoms with Crippen LogP contribution >= 0.6 is 0 Å². The van der Waals surface area contributed by atoms with Crippen LogP contribution in [0.2, 0.25) is 0 Å². The van der Waals surface area contributed by atoms with Gasteiger partial charge in [0.2, 0.25) is 5.76 Å². The third kappa shape index (κ3) is 2.74. The molecule has 0 spiro atoms. The molecule has 1 aliphatic heterocycles. The highest BCUT2D eigenvalue weighted by Gasteiger charge is 2.30. The molecule has 0 unspecified atom stereocenters. The molecule has 0 radical (unpaired) electrons. The summed E-state index contributed by atoms with van der Waals surface area (Å²) >= 11 is 0. The third-order valence-electron chi connectivity index (χ3n) is 5.21. The van der Waals surface area contributed by atoms with Crippen molar-refractivity contribution in [3.63, 3.8) is 0 Å². The van der Waals surface area contributed by atoms with Crippen LogP contribution in [-0.4, -0.2) is 37.1 Å².